The monoisotopic (exact) mass is 284 g/mol. The van der Waals surface area contributed by atoms with E-state index in [9.17, 15) is 0 Å². The molecular weight excluding hydrogens is 264 g/mol. The first-order chi connectivity index (χ1) is 7.65. The maximum Gasteiger partial charge on any atom is 0.0419 e. The van der Waals surface area contributed by atoms with E-state index in [1.165, 1.54) is 12.8 Å². The fourth-order valence-corrected chi connectivity index (χ4v) is 1.97. The molecule has 0 aromatic carbocycles. The van der Waals surface area contributed by atoms with E-state index in [0.717, 1.165) is 22.5 Å². The molecule has 1 aromatic heterocycles. The molecule has 0 fully saturated rings. The number of nitrogens with one attached hydrogen (secondary N) is 1. The summed E-state index contributed by atoms with van der Waals surface area (Å²) in [4.78, 5) is 4.41. The molecule has 1 heterocycles. The number of nitrogens with zero attached hydrogens (tertiary/aromatic N) is 1. The van der Waals surface area contributed by atoms with Gasteiger partial charge in [0.05, 0.1) is 0 Å². The third kappa shape index (κ3) is 4.62. The van der Waals surface area contributed by atoms with Crippen LogP contribution in [-0.2, 0) is 6.42 Å². The molecule has 0 saturated carbocycles. The highest BCUT2D eigenvalue weighted by atomic mass is 79.9. The molecule has 0 spiro atoms. The van der Waals surface area contributed by atoms with Crippen molar-refractivity contribution in [3.05, 3.63) is 28.5 Å². The standard InChI is InChI=1S/C13H21BrN2/c1-4-10(2)7-13(15-3)8-12-6-5-11(14)9-16-12/h5-6,9-10,13,15H,4,7-8H2,1-3H3. The van der Waals surface area contributed by atoms with Gasteiger partial charge in [0.1, 0.15) is 0 Å². The van der Waals surface area contributed by atoms with Crippen LogP contribution in [0.25, 0.3) is 0 Å². The van der Waals surface area contributed by atoms with Crippen LogP contribution in [0.2, 0.25) is 0 Å². The van der Waals surface area contributed by atoms with Crippen LogP contribution < -0.4 is 5.32 Å². The van der Waals surface area contributed by atoms with E-state index >= 15 is 0 Å². The molecule has 0 radical (unpaired) electrons. The zero-order valence-electron chi connectivity index (χ0n) is 10.3. The lowest BCUT2D eigenvalue weighted by Crippen LogP contribution is -2.29. The molecule has 0 saturated heterocycles. The highest BCUT2D eigenvalue weighted by Crippen LogP contribution is 2.14. The first-order valence-corrected chi connectivity index (χ1v) is 6.72. The van der Waals surface area contributed by atoms with Crippen LogP contribution in [0.4, 0.5) is 0 Å². The lowest BCUT2D eigenvalue weighted by molar-refractivity contribution is 0.408. The van der Waals surface area contributed by atoms with E-state index in [2.05, 4.69) is 52.2 Å². The van der Waals surface area contributed by atoms with Crippen molar-refractivity contribution in [2.24, 2.45) is 5.92 Å². The van der Waals surface area contributed by atoms with Crippen molar-refractivity contribution in [3.63, 3.8) is 0 Å². The normalized spacial score (nSPS) is 14.8. The van der Waals surface area contributed by atoms with Crippen LogP contribution in [0.1, 0.15) is 32.4 Å². The number of rotatable bonds is 6. The fourth-order valence-electron chi connectivity index (χ4n) is 1.74. The Morgan fingerprint density at radius 3 is 2.69 bits per heavy atom. The summed E-state index contributed by atoms with van der Waals surface area (Å²) in [5.74, 6) is 0.771. The molecule has 90 valence electrons. The Balaban J connectivity index is 2.52. The predicted molar refractivity (Wildman–Crippen MR) is 72.6 cm³/mol. The van der Waals surface area contributed by atoms with Crippen LogP contribution >= 0.6 is 15.9 Å². The topological polar surface area (TPSA) is 24.9 Å². The number of hydrogen-bond donors (Lipinski definition) is 1. The summed E-state index contributed by atoms with van der Waals surface area (Å²) in [6.07, 6.45) is 5.33. The van der Waals surface area contributed by atoms with Gasteiger partial charge in [0.15, 0.2) is 0 Å². The summed E-state index contributed by atoms with van der Waals surface area (Å²) < 4.78 is 1.04. The SMILES string of the molecule is CCC(C)CC(Cc1ccc(Br)cn1)NC. The van der Waals surface area contributed by atoms with Gasteiger partial charge in [-0.05, 0) is 47.4 Å². The Hall–Kier alpha value is -0.410. The van der Waals surface area contributed by atoms with Gasteiger partial charge in [0.25, 0.3) is 0 Å². The van der Waals surface area contributed by atoms with Gasteiger partial charge in [-0.15, -0.1) is 0 Å². The van der Waals surface area contributed by atoms with Crippen LogP contribution in [0.15, 0.2) is 22.8 Å². The zero-order valence-corrected chi connectivity index (χ0v) is 11.9. The molecule has 0 aliphatic carbocycles. The second-order valence-corrected chi connectivity index (χ2v) is 5.32. The molecule has 0 aliphatic rings. The first-order valence-electron chi connectivity index (χ1n) is 5.93. The molecule has 1 rings (SSSR count). The van der Waals surface area contributed by atoms with Gasteiger partial charge in [0.2, 0.25) is 0 Å². The summed E-state index contributed by atoms with van der Waals surface area (Å²) in [6.45, 7) is 4.55. The van der Waals surface area contributed by atoms with Crippen LogP contribution in [-0.4, -0.2) is 18.1 Å². The fraction of sp³-hybridized carbons (Fsp3) is 0.615. The van der Waals surface area contributed by atoms with Crippen LogP contribution in [0.5, 0.6) is 0 Å². The highest BCUT2D eigenvalue weighted by molar-refractivity contribution is 9.10. The number of halogens is 1. The average Bonchev–Trinajstić information content (AvgIpc) is 2.30. The van der Waals surface area contributed by atoms with Crippen molar-refractivity contribution in [1.82, 2.24) is 10.3 Å². The highest BCUT2D eigenvalue weighted by Gasteiger charge is 2.11. The molecule has 2 atom stereocenters. The maximum atomic E-state index is 4.41. The minimum Gasteiger partial charge on any atom is -0.317 e. The maximum absolute atomic E-state index is 4.41. The van der Waals surface area contributed by atoms with E-state index < -0.39 is 0 Å². The van der Waals surface area contributed by atoms with Gasteiger partial charge in [-0.1, -0.05) is 20.3 Å². The zero-order chi connectivity index (χ0) is 12.0. The van der Waals surface area contributed by atoms with Crippen molar-refractivity contribution < 1.29 is 0 Å². The number of pyridine rings is 1. The van der Waals surface area contributed by atoms with E-state index in [4.69, 9.17) is 0 Å². The van der Waals surface area contributed by atoms with E-state index in [-0.39, 0.29) is 0 Å². The second-order valence-electron chi connectivity index (χ2n) is 4.41. The third-order valence-electron chi connectivity index (χ3n) is 3.04. The lowest BCUT2D eigenvalue weighted by Gasteiger charge is -2.19. The molecule has 0 aliphatic heterocycles. The largest absolute Gasteiger partial charge is 0.317 e. The molecule has 3 heteroatoms. The lowest BCUT2D eigenvalue weighted by atomic mass is 9.96. The van der Waals surface area contributed by atoms with Gasteiger partial charge < -0.3 is 5.32 Å². The Morgan fingerprint density at radius 2 is 2.19 bits per heavy atom. The first kappa shape index (κ1) is 13.7. The summed E-state index contributed by atoms with van der Waals surface area (Å²) in [6, 6.07) is 4.67. The minimum absolute atomic E-state index is 0.531. The Labute approximate surface area is 107 Å². The molecule has 1 aromatic rings. The summed E-state index contributed by atoms with van der Waals surface area (Å²) in [5, 5.41) is 3.38. The smallest absolute Gasteiger partial charge is 0.0419 e. The van der Waals surface area contributed by atoms with E-state index in [1.54, 1.807) is 0 Å². The Morgan fingerprint density at radius 1 is 1.44 bits per heavy atom. The van der Waals surface area contributed by atoms with Gasteiger partial charge in [-0.2, -0.15) is 0 Å². The van der Waals surface area contributed by atoms with Crippen molar-refractivity contribution in [1.29, 1.82) is 0 Å². The van der Waals surface area contributed by atoms with E-state index in [1.807, 2.05) is 13.2 Å². The van der Waals surface area contributed by atoms with Gasteiger partial charge >= 0.3 is 0 Å². The molecule has 2 unspecified atom stereocenters. The minimum atomic E-state index is 0.531. The molecule has 2 nitrogen and oxygen atoms in total. The second kappa shape index (κ2) is 7.02. The predicted octanol–water partition coefficient (Wildman–Crippen LogP) is 3.41. The quantitative estimate of drug-likeness (QED) is 0.866. The van der Waals surface area contributed by atoms with Gasteiger partial charge in [0, 0.05) is 28.8 Å². The third-order valence-corrected chi connectivity index (χ3v) is 3.51. The van der Waals surface area contributed by atoms with Crippen molar-refractivity contribution >= 4 is 15.9 Å². The van der Waals surface area contributed by atoms with Crippen molar-refractivity contribution in [3.8, 4) is 0 Å². The summed E-state index contributed by atoms with van der Waals surface area (Å²) in [5.41, 5.74) is 1.16. The number of likely N-dealkylation sites (N-methyl/N-ethyl adjacent to an activating group) is 1. The molecular formula is C13H21BrN2. The molecule has 1 N–H and O–H groups in total. The van der Waals surface area contributed by atoms with Crippen LogP contribution in [0.3, 0.4) is 0 Å². The average molecular weight is 285 g/mol. The van der Waals surface area contributed by atoms with Crippen molar-refractivity contribution in [2.45, 2.75) is 39.2 Å². The molecule has 16 heavy (non-hydrogen) atoms. The van der Waals surface area contributed by atoms with Crippen molar-refractivity contribution in [2.75, 3.05) is 7.05 Å². The number of aromatic nitrogens is 1. The Bertz CT molecular complexity index is 297. The molecule has 0 amide bonds. The number of hydrogen-bond acceptors (Lipinski definition) is 2. The van der Waals surface area contributed by atoms with Gasteiger partial charge in [-0.3, -0.25) is 4.98 Å². The molecule has 0 bridgehead atoms. The van der Waals surface area contributed by atoms with Crippen LogP contribution in [0, 0.1) is 5.92 Å². The Kier molecular flexibility index (Phi) is 5.99. The summed E-state index contributed by atoms with van der Waals surface area (Å²) >= 11 is 3.40. The summed E-state index contributed by atoms with van der Waals surface area (Å²) in [7, 11) is 2.03. The van der Waals surface area contributed by atoms with E-state index in [0.29, 0.717) is 6.04 Å². The van der Waals surface area contributed by atoms with Gasteiger partial charge in [-0.25, -0.2) is 0 Å².